The van der Waals surface area contributed by atoms with Crippen LogP contribution in [0.3, 0.4) is 0 Å². The lowest BCUT2D eigenvalue weighted by Crippen LogP contribution is -2.31. The first-order chi connectivity index (χ1) is 13.1. The van der Waals surface area contributed by atoms with Crippen LogP contribution in [0.25, 0.3) is 11.3 Å². The molecule has 1 atom stereocenters. The second-order valence-electron chi connectivity index (χ2n) is 6.98. The van der Waals surface area contributed by atoms with Gasteiger partial charge in [0.05, 0.1) is 29.0 Å². The Morgan fingerprint density at radius 3 is 2.85 bits per heavy atom. The molecule has 4 rings (SSSR count). The van der Waals surface area contributed by atoms with Crippen LogP contribution in [0, 0.1) is 19.8 Å². The molecule has 8 heteroatoms. The Balaban J connectivity index is 1.46. The molecule has 1 aliphatic rings. The predicted molar refractivity (Wildman–Crippen MR) is 97.6 cm³/mol. The van der Waals surface area contributed by atoms with Crippen molar-refractivity contribution in [2.75, 3.05) is 13.1 Å². The van der Waals surface area contributed by atoms with Gasteiger partial charge in [0.2, 0.25) is 5.91 Å². The maximum absolute atomic E-state index is 12.5. The molecule has 4 heterocycles. The molecule has 0 bridgehead atoms. The number of hydrogen-bond donors (Lipinski definition) is 0. The van der Waals surface area contributed by atoms with Gasteiger partial charge in [-0.25, -0.2) is 4.98 Å². The molecule has 0 aliphatic carbocycles. The summed E-state index contributed by atoms with van der Waals surface area (Å²) in [6, 6.07) is 0. The fraction of sp³-hybridized carbons (Fsp3) is 0.421. The van der Waals surface area contributed by atoms with E-state index >= 15 is 0 Å². The van der Waals surface area contributed by atoms with E-state index in [1.165, 1.54) is 0 Å². The Morgan fingerprint density at radius 1 is 1.26 bits per heavy atom. The van der Waals surface area contributed by atoms with Gasteiger partial charge in [-0.2, -0.15) is 0 Å². The summed E-state index contributed by atoms with van der Waals surface area (Å²) in [5.74, 6) is 1.24. The van der Waals surface area contributed by atoms with Crippen molar-refractivity contribution in [2.24, 2.45) is 5.92 Å². The van der Waals surface area contributed by atoms with Crippen molar-refractivity contribution < 1.29 is 9.32 Å². The molecule has 27 heavy (non-hydrogen) atoms. The molecule has 1 amide bonds. The standard InChI is InChI=1S/C19H22N6O2/c1-13-18(14(2)27-23-13)19-16(21-4-5-22-19)9-15-3-7-25(10-15)17(26)11-24-8-6-20-12-24/h4-6,8,12,15H,3,7,9-11H2,1-2H3. The number of imidazole rings is 1. The van der Waals surface area contributed by atoms with Gasteiger partial charge in [-0.05, 0) is 32.6 Å². The van der Waals surface area contributed by atoms with Gasteiger partial charge in [0.1, 0.15) is 12.3 Å². The maximum Gasteiger partial charge on any atom is 0.242 e. The average Bonchev–Trinajstić information content (AvgIpc) is 3.39. The minimum atomic E-state index is 0.126. The van der Waals surface area contributed by atoms with Crippen LogP contribution < -0.4 is 0 Å². The van der Waals surface area contributed by atoms with E-state index in [9.17, 15) is 4.79 Å². The quantitative estimate of drug-likeness (QED) is 0.686. The number of carbonyl (C=O) groups excluding carboxylic acids is 1. The lowest BCUT2D eigenvalue weighted by molar-refractivity contribution is -0.130. The smallest absolute Gasteiger partial charge is 0.242 e. The van der Waals surface area contributed by atoms with Crippen LogP contribution in [0.4, 0.5) is 0 Å². The maximum atomic E-state index is 12.5. The molecule has 1 unspecified atom stereocenters. The largest absolute Gasteiger partial charge is 0.361 e. The van der Waals surface area contributed by atoms with E-state index in [4.69, 9.17) is 4.52 Å². The van der Waals surface area contributed by atoms with E-state index in [0.29, 0.717) is 12.5 Å². The highest BCUT2D eigenvalue weighted by atomic mass is 16.5. The second-order valence-corrected chi connectivity index (χ2v) is 6.98. The van der Waals surface area contributed by atoms with Gasteiger partial charge >= 0.3 is 0 Å². The first-order valence-corrected chi connectivity index (χ1v) is 9.08. The highest BCUT2D eigenvalue weighted by molar-refractivity contribution is 5.76. The van der Waals surface area contributed by atoms with E-state index in [2.05, 4.69) is 20.1 Å². The molecule has 3 aromatic heterocycles. The molecule has 1 fully saturated rings. The Labute approximate surface area is 157 Å². The number of hydrogen-bond acceptors (Lipinski definition) is 6. The molecule has 140 valence electrons. The third-order valence-electron chi connectivity index (χ3n) is 5.04. The molecule has 0 N–H and O–H groups in total. The normalized spacial score (nSPS) is 16.8. The van der Waals surface area contributed by atoms with Crippen LogP contribution in [0.15, 0.2) is 35.6 Å². The van der Waals surface area contributed by atoms with Gasteiger partial charge in [-0.15, -0.1) is 0 Å². The van der Waals surface area contributed by atoms with E-state index in [1.54, 1.807) is 35.7 Å². The minimum absolute atomic E-state index is 0.126. The van der Waals surface area contributed by atoms with Crippen LogP contribution in [0.2, 0.25) is 0 Å². The van der Waals surface area contributed by atoms with Crippen LogP contribution in [-0.2, 0) is 17.8 Å². The number of likely N-dealkylation sites (tertiary alicyclic amines) is 1. The van der Waals surface area contributed by atoms with Crippen molar-refractivity contribution in [3.8, 4) is 11.3 Å². The molecule has 8 nitrogen and oxygen atoms in total. The summed E-state index contributed by atoms with van der Waals surface area (Å²) in [5.41, 5.74) is 3.50. The number of nitrogens with zero attached hydrogens (tertiary/aromatic N) is 6. The van der Waals surface area contributed by atoms with Crippen LogP contribution >= 0.6 is 0 Å². The van der Waals surface area contributed by atoms with Gasteiger partial charge in [-0.1, -0.05) is 5.16 Å². The summed E-state index contributed by atoms with van der Waals surface area (Å²) < 4.78 is 7.09. The first-order valence-electron chi connectivity index (χ1n) is 9.08. The zero-order chi connectivity index (χ0) is 18.8. The monoisotopic (exact) mass is 366 g/mol. The third kappa shape index (κ3) is 3.60. The molecule has 3 aromatic rings. The average molecular weight is 366 g/mol. The van der Waals surface area contributed by atoms with E-state index in [-0.39, 0.29) is 5.91 Å². The van der Waals surface area contributed by atoms with E-state index in [0.717, 1.165) is 54.3 Å². The summed E-state index contributed by atoms with van der Waals surface area (Å²) in [4.78, 5) is 27.5. The SMILES string of the molecule is Cc1noc(C)c1-c1nccnc1CC1CCN(C(=O)Cn2ccnc2)C1. The lowest BCUT2D eigenvalue weighted by Gasteiger charge is -2.17. The minimum Gasteiger partial charge on any atom is -0.361 e. The zero-order valence-corrected chi connectivity index (χ0v) is 15.5. The topological polar surface area (TPSA) is 89.9 Å². The van der Waals surface area contributed by atoms with Gasteiger partial charge in [0.25, 0.3) is 0 Å². The number of carbonyl (C=O) groups is 1. The predicted octanol–water partition coefficient (Wildman–Crippen LogP) is 2.04. The molecular formula is C19H22N6O2. The lowest BCUT2D eigenvalue weighted by atomic mass is 9.98. The summed E-state index contributed by atoms with van der Waals surface area (Å²) in [6.07, 6.45) is 10.3. The number of aromatic nitrogens is 5. The van der Waals surface area contributed by atoms with E-state index < -0.39 is 0 Å². The molecule has 1 saturated heterocycles. The number of amides is 1. The molecule has 0 aromatic carbocycles. The van der Waals surface area contributed by atoms with Crippen molar-refractivity contribution in [2.45, 2.75) is 33.2 Å². The van der Waals surface area contributed by atoms with Crippen molar-refractivity contribution in [3.05, 3.63) is 48.3 Å². The molecular weight excluding hydrogens is 344 g/mol. The molecule has 1 aliphatic heterocycles. The van der Waals surface area contributed by atoms with Crippen molar-refractivity contribution in [1.29, 1.82) is 0 Å². The Bertz CT molecular complexity index is 914. The molecule has 0 saturated carbocycles. The summed E-state index contributed by atoms with van der Waals surface area (Å²) in [5, 5.41) is 4.03. The highest BCUT2D eigenvalue weighted by Gasteiger charge is 2.28. The fourth-order valence-corrected chi connectivity index (χ4v) is 3.68. The first kappa shape index (κ1) is 17.4. The second kappa shape index (κ2) is 7.30. The summed E-state index contributed by atoms with van der Waals surface area (Å²) in [7, 11) is 0. The number of aryl methyl sites for hydroxylation is 2. The fourth-order valence-electron chi connectivity index (χ4n) is 3.68. The van der Waals surface area contributed by atoms with Crippen molar-refractivity contribution in [1.82, 2.24) is 29.6 Å². The van der Waals surface area contributed by atoms with Gasteiger partial charge in [-0.3, -0.25) is 14.8 Å². The third-order valence-corrected chi connectivity index (χ3v) is 5.04. The summed E-state index contributed by atoms with van der Waals surface area (Å²) >= 11 is 0. The van der Waals surface area contributed by atoms with Gasteiger partial charge < -0.3 is 14.0 Å². The summed E-state index contributed by atoms with van der Waals surface area (Å²) in [6.45, 7) is 5.66. The molecule has 0 radical (unpaired) electrons. The zero-order valence-electron chi connectivity index (χ0n) is 15.5. The van der Waals surface area contributed by atoms with Crippen molar-refractivity contribution in [3.63, 3.8) is 0 Å². The van der Waals surface area contributed by atoms with Gasteiger partial charge in [0.15, 0.2) is 0 Å². The Kier molecular flexibility index (Phi) is 4.70. The highest BCUT2D eigenvalue weighted by Crippen LogP contribution is 2.30. The Morgan fingerprint density at radius 2 is 2.11 bits per heavy atom. The van der Waals surface area contributed by atoms with Crippen molar-refractivity contribution >= 4 is 5.91 Å². The molecule has 0 spiro atoms. The van der Waals surface area contributed by atoms with Crippen LogP contribution in [0.1, 0.15) is 23.6 Å². The van der Waals surface area contributed by atoms with Crippen LogP contribution in [-0.4, -0.2) is 48.6 Å². The van der Waals surface area contributed by atoms with Crippen LogP contribution in [0.5, 0.6) is 0 Å². The number of rotatable bonds is 5. The van der Waals surface area contributed by atoms with E-state index in [1.807, 2.05) is 18.7 Å². The van der Waals surface area contributed by atoms with Gasteiger partial charge in [0, 0.05) is 37.9 Å². The Hall–Kier alpha value is -3.03.